The molecule has 0 aliphatic heterocycles. The van der Waals surface area contributed by atoms with Crippen LogP contribution in [0.15, 0.2) is 24.3 Å². The maximum absolute atomic E-state index is 12.2. The molecule has 176 valence electrons. The largest absolute Gasteiger partial charge is 0.393 e. The predicted octanol–water partition coefficient (Wildman–Crippen LogP) is 5.50. The van der Waals surface area contributed by atoms with Crippen LogP contribution in [0.25, 0.3) is 0 Å². The molecule has 10 atom stereocenters. The van der Waals surface area contributed by atoms with Gasteiger partial charge in [-0.1, -0.05) is 65.8 Å². The summed E-state index contributed by atoms with van der Waals surface area (Å²) in [6.07, 6.45) is 14.4. The normalized spacial score (nSPS) is 51.4. The molecule has 3 N–H and O–H groups in total. The lowest BCUT2D eigenvalue weighted by molar-refractivity contribution is -0.220. The van der Waals surface area contributed by atoms with Crippen LogP contribution < -0.4 is 0 Å². The molecule has 3 heteroatoms. The molecule has 0 aromatic rings. The zero-order chi connectivity index (χ0) is 22.8. The first-order valence-corrected chi connectivity index (χ1v) is 12.9. The van der Waals surface area contributed by atoms with Crippen molar-refractivity contribution in [3.63, 3.8) is 0 Å². The second kappa shape index (κ2) is 7.71. The summed E-state index contributed by atoms with van der Waals surface area (Å²) in [5, 5.41) is 34.0. The Labute approximate surface area is 190 Å². The Balaban J connectivity index is 1.62. The zero-order valence-corrected chi connectivity index (χ0v) is 20.6. The van der Waals surface area contributed by atoms with Crippen molar-refractivity contribution in [1.82, 2.24) is 0 Å². The molecule has 0 radical (unpaired) electrons. The summed E-state index contributed by atoms with van der Waals surface area (Å²) in [6, 6.07) is 0. The first-order valence-electron chi connectivity index (χ1n) is 12.9. The van der Waals surface area contributed by atoms with Crippen LogP contribution in [0, 0.1) is 46.3 Å². The lowest BCUT2D eigenvalue weighted by Crippen LogP contribution is -2.67. The Morgan fingerprint density at radius 1 is 0.871 bits per heavy atom. The fourth-order valence-electron chi connectivity index (χ4n) is 8.33. The molecule has 0 aromatic carbocycles. The molecule has 31 heavy (non-hydrogen) atoms. The highest BCUT2D eigenvalue weighted by Crippen LogP contribution is 2.68. The molecule has 4 aliphatic rings. The standard InChI is InChI=1S/C28H46O3/c1-18(2)19(3)7-8-20(4)22-9-10-23-25(22,5)13-12-24-26(6)14-11-21(29)17-27(26,30)15-16-28(23,24)31/h7-8,15-16,18-24,29-31H,9-14,17H2,1-6H3/t19-,20+,21-,22+,23+,24+,25+,26+,27-,28+/m0/s1. The number of fused-ring (bicyclic) bond motifs is 5. The minimum absolute atomic E-state index is 0.0612. The van der Waals surface area contributed by atoms with Gasteiger partial charge in [0.1, 0.15) is 0 Å². The smallest absolute Gasteiger partial charge is 0.0910 e. The molecule has 0 unspecified atom stereocenters. The molecule has 4 rings (SSSR count). The molecule has 3 saturated carbocycles. The Bertz CT molecular complexity index is 743. The van der Waals surface area contributed by atoms with Crippen molar-refractivity contribution in [2.45, 2.75) is 104 Å². The molecular weight excluding hydrogens is 384 g/mol. The van der Waals surface area contributed by atoms with Crippen LogP contribution in [-0.2, 0) is 0 Å². The number of hydrogen-bond donors (Lipinski definition) is 3. The fourth-order valence-corrected chi connectivity index (χ4v) is 8.33. The van der Waals surface area contributed by atoms with Crippen LogP contribution in [0.3, 0.4) is 0 Å². The quantitative estimate of drug-likeness (QED) is 0.516. The maximum atomic E-state index is 12.2. The molecule has 3 fully saturated rings. The number of hydrogen-bond acceptors (Lipinski definition) is 3. The Morgan fingerprint density at radius 3 is 2.26 bits per heavy atom. The van der Waals surface area contributed by atoms with Crippen LogP contribution >= 0.6 is 0 Å². The van der Waals surface area contributed by atoms with E-state index in [-0.39, 0.29) is 22.7 Å². The van der Waals surface area contributed by atoms with Crippen molar-refractivity contribution >= 4 is 0 Å². The number of aliphatic hydroxyl groups is 3. The second-order valence-electron chi connectivity index (χ2n) is 12.6. The molecule has 0 saturated heterocycles. The lowest BCUT2D eigenvalue weighted by Gasteiger charge is -2.64. The van der Waals surface area contributed by atoms with E-state index in [1.165, 1.54) is 6.42 Å². The summed E-state index contributed by atoms with van der Waals surface area (Å²) < 4.78 is 0. The third-order valence-electron chi connectivity index (χ3n) is 10.8. The summed E-state index contributed by atoms with van der Waals surface area (Å²) in [6.45, 7) is 13.8. The predicted molar refractivity (Wildman–Crippen MR) is 126 cm³/mol. The van der Waals surface area contributed by atoms with Crippen LogP contribution in [0.2, 0.25) is 0 Å². The van der Waals surface area contributed by atoms with Gasteiger partial charge in [0.05, 0.1) is 17.3 Å². The minimum atomic E-state index is -1.00. The SMILES string of the molecule is CC(C)[C@@H](C)C=C[C@@H](C)[C@H]1CC[C@H]2[C@]3(O)C=C[C@]4(O)C[C@@H](O)CC[C@]4(C)[C@H]3CC[C@]12C. The van der Waals surface area contributed by atoms with Crippen molar-refractivity contribution in [3.8, 4) is 0 Å². The van der Waals surface area contributed by atoms with Gasteiger partial charge in [0.2, 0.25) is 0 Å². The highest BCUT2D eigenvalue weighted by atomic mass is 16.3. The van der Waals surface area contributed by atoms with E-state index in [0.717, 1.165) is 32.1 Å². The molecule has 4 aliphatic carbocycles. The average Bonchev–Trinajstić information content (AvgIpc) is 3.05. The van der Waals surface area contributed by atoms with Gasteiger partial charge in [-0.25, -0.2) is 0 Å². The lowest BCUT2D eigenvalue weighted by atomic mass is 9.43. The van der Waals surface area contributed by atoms with Gasteiger partial charge in [0, 0.05) is 17.8 Å². The Kier molecular flexibility index (Phi) is 5.84. The van der Waals surface area contributed by atoms with Gasteiger partial charge in [0.15, 0.2) is 0 Å². The van der Waals surface area contributed by atoms with Crippen molar-refractivity contribution < 1.29 is 15.3 Å². The van der Waals surface area contributed by atoms with Crippen molar-refractivity contribution in [3.05, 3.63) is 24.3 Å². The monoisotopic (exact) mass is 430 g/mol. The van der Waals surface area contributed by atoms with Crippen molar-refractivity contribution in [2.75, 3.05) is 0 Å². The third kappa shape index (κ3) is 3.40. The van der Waals surface area contributed by atoms with Crippen LogP contribution in [0.5, 0.6) is 0 Å². The average molecular weight is 431 g/mol. The Hall–Kier alpha value is -0.640. The summed E-state index contributed by atoms with van der Waals surface area (Å²) in [5.41, 5.74) is -2.09. The van der Waals surface area contributed by atoms with Gasteiger partial charge < -0.3 is 15.3 Å². The van der Waals surface area contributed by atoms with Gasteiger partial charge >= 0.3 is 0 Å². The van der Waals surface area contributed by atoms with Gasteiger partial charge in [-0.15, -0.1) is 0 Å². The molecule has 0 bridgehead atoms. The summed E-state index contributed by atoms with van der Waals surface area (Å²) in [7, 11) is 0. The van der Waals surface area contributed by atoms with Gasteiger partial charge in [-0.05, 0) is 73.5 Å². The molecule has 3 nitrogen and oxygen atoms in total. The third-order valence-corrected chi connectivity index (χ3v) is 10.8. The first kappa shape index (κ1) is 23.5. The van der Waals surface area contributed by atoms with E-state index in [2.05, 4.69) is 53.7 Å². The van der Waals surface area contributed by atoms with Gasteiger partial charge in [0.25, 0.3) is 0 Å². The molecule has 0 amide bonds. The summed E-state index contributed by atoms with van der Waals surface area (Å²) in [5.74, 6) is 2.66. The molecular formula is C28H46O3. The van der Waals surface area contributed by atoms with E-state index in [4.69, 9.17) is 0 Å². The Morgan fingerprint density at radius 2 is 1.58 bits per heavy atom. The van der Waals surface area contributed by atoms with Gasteiger partial charge in [-0.2, -0.15) is 0 Å². The van der Waals surface area contributed by atoms with Crippen LogP contribution in [-0.4, -0.2) is 32.6 Å². The molecule has 0 heterocycles. The van der Waals surface area contributed by atoms with E-state index in [1.54, 1.807) is 0 Å². The zero-order valence-electron chi connectivity index (χ0n) is 20.6. The fraction of sp³-hybridized carbons (Fsp3) is 0.857. The summed E-state index contributed by atoms with van der Waals surface area (Å²) in [4.78, 5) is 0. The first-order chi connectivity index (χ1) is 14.4. The van der Waals surface area contributed by atoms with E-state index in [9.17, 15) is 15.3 Å². The topological polar surface area (TPSA) is 60.7 Å². The van der Waals surface area contributed by atoms with E-state index in [0.29, 0.717) is 30.1 Å². The number of rotatable bonds is 4. The van der Waals surface area contributed by atoms with Crippen LogP contribution in [0.4, 0.5) is 0 Å². The highest BCUT2D eigenvalue weighted by Gasteiger charge is 2.68. The van der Waals surface area contributed by atoms with Gasteiger partial charge in [-0.3, -0.25) is 0 Å². The minimum Gasteiger partial charge on any atom is -0.393 e. The molecule has 0 spiro atoms. The van der Waals surface area contributed by atoms with E-state index < -0.39 is 17.3 Å². The number of allylic oxidation sites excluding steroid dienone is 2. The van der Waals surface area contributed by atoms with E-state index in [1.807, 2.05) is 12.2 Å². The summed E-state index contributed by atoms with van der Waals surface area (Å²) >= 11 is 0. The highest BCUT2D eigenvalue weighted by molar-refractivity contribution is 5.31. The van der Waals surface area contributed by atoms with E-state index >= 15 is 0 Å². The van der Waals surface area contributed by atoms with Crippen molar-refractivity contribution in [1.29, 1.82) is 0 Å². The molecule has 0 aromatic heterocycles. The maximum Gasteiger partial charge on any atom is 0.0910 e. The van der Waals surface area contributed by atoms with Crippen LogP contribution in [0.1, 0.15) is 86.5 Å². The van der Waals surface area contributed by atoms with Crippen molar-refractivity contribution in [2.24, 2.45) is 46.3 Å². The second-order valence-corrected chi connectivity index (χ2v) is 12.6. The number of aliphatic hydroxyl groups excluding tert-OH is 1.